The highest BCUT2D eigenvalue weighted by Gasteiger charge is 2.21. The van der Waals surface area contributed by atoms with Gasteiger partial charge in [-0.25, -0.2) is 0 Å². The number of rotatable bonds is 30. The van der Waals surface area contributed by atoms with Crippen molar-refractivity contribution in [2.24, 2.45) is 47.3 Å². The van der Waals surface area contributed by atoms with Crippen molar-refractivity contribution in [2.75, 3.05) is 0 Å². The van der Waals surface area contributed by atoms with Crippen molar-refractivity contribution in [1.82, 2.24) is 0 Å². The standard InChI is InChI=1S/C40H80O3/c1-10-11-12-13-14-15-16-17-18-19-20-21-22-23-39(41)37(8)29-35(6)27-33(4)25-31(2)24-32(3)26-34(5)28-36(7)30-38(9)40(42)43/h31-39,41H,10-30H2,1-9H3,(H,42,43)/t31?,32?,33?,34?,35?,36?,37?,38?,39-/m1/s1. The summed E-state index contributed by atoms with van der Waals surface area (Å²) in [4.78, 5) is 11.2. The van der Waals surface area contributed by atoms with Crippen LogP contribution in [0.4, 0.5) is 0 Å². The Morgan fingerprint density at radius 2 is 0.767 bits per heavy atom. The van der Waals surface area contributed by atoms with E-state index in [1.165, 1.54) is 109 Å². The molecule has 0 saturated carbocycles. The molecule has 0 fully saturated rings. The minimum Gasteiger partial charge on any atom is -0.481 e. The summed E-state index contributed by atoms with van der Waals surface area (Å²) in [5.74, 6) is 3.50. The lowest BCUT2D eigenvalue weighted by Gasteiger charge is -2.27. The van der Waals surface area contributed by atoms with E-state index in [9.17, 15) is 15.0 Å². The van der Waals surface area contributed by atoms with E-state index in [0.717, 1.165) is 43.4 Å². The maximum absolute atomic E-state index is 11.2. The molecule has 0 rings (SSSR count). The maximum Gasteiger partial charge on any atom is 0.306 e. The second kappa shape index (κ2) is 26.6. The molecule has 258 valence electrons. The summed E-state index contributed by atoms with van der Waals surface area (Å²) in [5, 5.41) is 20.0. The second-order valence-electron chi connectivity index (χ2n) is 16.1. The van der Waals surface area contributed by atoms with Gasteiger partial charge in [0.1, 0.15) is 0 Å². The molecule has 3 nitrogen and oxygen atoms in total. The first kappa shape index (κ1) is 42.4. The lowest BCUT2D eigenvalue weighted by atomic mass is 9.80. The highest BCUT2D eigenvalue weighted by atomic mass is 16.4. The number of unbranched alkanes of at least 4 members (excludes halogenated alkanes) is 12. The fourth-order valence-electron chi connectivity index (χ4n) is 8.16. The predicted molar refractivity (Wildman–Crippen MR) is 190 cm³/mol. The first-order valence-corrected chi connectivity index (χ1v) is 19.3. The van der Waals surface area contributed by atoms with Crippen molar-refractivity contribution in [3.8, 4) is 0 Å². The van der Waals surface area contributed by atoms with Gasteiger partial charge >= 0.3 is 5.97 Å². The summed E-state index contributed by atoms with van der Waals surface area (Å²) in [6.07, 6.45) is 26.9. The van der Waals surface area contributed by atoms with Crippen molar-refractivity contribution in [1.29, 1.82) is 0 Å². The van der Waals surface area contributed by atoms with Gasteiger partial charge in [-0.15, -0.1) is 0 Å². The molecule has 3 heteroatoms. The van der Waals surface area contributed by atoms with Crippen molar-refractivity contribution >= 4 is 5.97 Å². The molecule has 8 unspecified atom stereocenters. The summed E-state index contributed by atoms with van der Waals surface area (Å²) in [7, 11) is 0. The lowest BCUT2D eigenvalue weighted by Crippen LogP contribution is -2.21. The van der Waals surface area contributed by atoms with Crippen molar-refractivity contribution in [2.45, 2.75) is 203 Å². The zero-order chi connectivity index (χ0) is 32.6. The number of carboxylic acids is 1. The zero-order valence-corrected chi connectivity index (χ0v) is 30.8. The molecule has 0 radical (unpaired) electrons. The number of aliphatic carboxylic acids is 1. The number of hydrogen-bond acceptors (Lipinski definition) is 2. The van der Waals surface area contributed by atoms with Crippen LogP contribution >= 0.6 is 0 Å². The highest BCUT2D eigenvalue weighted by Crippen LogP contribution is 2.31. The van der Waals surface area contributed by atoms with E-state index >= 15 is 0 Å². The summed E-state index contributed by atoms with van der Waals surface area (Å²) in [5.41, 5.74) is 0. The van der Waals surface area contributed by atoms with Gasteiger partial charge < -0.3 is 10.2 Å². The number of aliphatic hydroxyl groups excluding tert-OH is 1. The second-order valence-corrected chi connectivity index (χ2v) is 16.1. The lowest BCUT2D eigenvalue weighted by molar-refractivity contribution is -0.141. The summed E-state index contributed by atoms with van der Waals surface area (Å²) in [6.45, 7) is 20.6. The van der Waals surface area contributed by atoms with Crippen LogP contribution < -0.4 is 0 Å². The summed E-state index contributed by atoms with van der Waals surface area (Å²) in [6, 6.07) is 0. The van der Waals surface area contributed by atoms with Crippen LogP contribution in [-0.4, -0.2) is 22.3 Å². The van der Waals surface area contributed by atoms with Gasteiger partial charge in [0, 0.05) is 0 Å². The Hall–Kier alpha value is -0.570. The molecule has 0 aliphatic rings. The fourth-order valence-corrected chi connectivity index (χ4v) is 8.16. The van der Waals surface area contributed by atoms with Gasteiger partial charge in [-0.05, 0) is 92.8 Å². The average molecular weight is 609 g/mol. The Bertz CT molecular complexity index is 633. The van der Waals surface area contributed by atoms with Crippen LogP contribution in [-0.2, 0) is 4.79 Å². The Morgan fingerprint density at radius 3 is 1.12 bits per heavy atom. The molecule has 0 bridgehead atoms. The van der Waals surface area contributed by atoms with E-state index in [1.54, 1.807) is 0 Å². The van der Waals surface area contributed by atoms with Gasteiger partial charge in [-0.2, -0.15) is 0 Å². The zero-order valence-electron chi connectivity index (χ0n) is 30.8. The number of carboxylic acid groups (broad SMARTS) is 1. The monoisotopic (exact) mass is 609 g/mol. The van der Waals surface area contributed by atoms with E-state index in [1.807, 2.05) is 6.92 Å². The van der Waals surface area contributed by atoms with Crippen molar-refractivity contribution < 1.29 is 15.0 Å². The Kier molecular flexibility index (Phi) is 26.3. The van der Waals surface area contributed by atoms with Gasteiger partial charge in [-0.3, -0.25) is 4.79 Å². The fraction of sp³-hybridized carbons (Fsp3) is 0.975. The van der Waals surface area contributed by atoms with Crippen LogP contribution in [0, 0.1) is 47.3 Å². The van der Waals surface area contributed by atoms with Gasteiger partial charge in [0.2, 0.25) is 0 Å². The van der Waals surface area contributed by atoms with Crippen LogP contribution in [0.15, 0.2) is 0 Å². The van der Waals surface area contributed by atoms with Crippen molar-refractivity contribution in [3.05, 3.63) is 0 Å². The summed E-state index contributed by atoms with van der Waals surface area (Å²) >= 11 is 0. The molecule has 0 aliphatic carbocycles. The topological polar surface area (TPSA) is 57.5 Å². The molecule has 43 heavy (non-hydrogen) atoms. The maximum atomic E-state index is 11.2. The summed E-state index contributed by atoms with van der Waals surface area (Å²) < 4.78 is 0. The van der Waals surface area contributed by atoms with Crippen LogP contribution in [0.2, 0.25) is 0 Å². The number of aliphatic hydroxyl groups is 1. The first-order chi connectivity index (χ1) is 20.3. The normalized spacial score (nSPS) is 18.4. The molecule has 0 saturated heterocycles. The predicted octanol–water partition coefficient (Wildman–Crippen LogP) is 12.7. The quantitative estimate of drug-likeness (QED) is 0.0797. The molecule has 0 aromatic carbocycles. The molecule has 0 heterocycles. The molecule has 9 atom stereocenters. The van der Waals surface area contributed by atoms with E-state index < -0.39 is 5.97 Å². The molecule has 0 aromatic rings. The minimum absolute atomic E-state index is 0.137. The van der Waals surface area contributed by atoms with E-state index in [4.69, 9.17) is 0 Å². The van der Waals surface area contributed by atoms with Crippen LogP contribution in [0.25, 0.3) is 0 Å². The van der Waals surface area contributed by atoms with Gasteiger partial charge in [0.15, 0.2) is 0 Å². The third kappa shape index (κ3) is 25.3. The average Bonchev–Trinajstić information content (AvgIpc) is 2.90. The van der Waals surface area contributed by atoms with Crippen LogP contribution in [0.1, 0.15) is 197 Å². The van der Waals surface area contributed by atoms with Gasteiger partial charge in [0.05, 0.1) is 12.0 Å². The SMILES string of the molecule is CCCCCCCCCCCCCCC[C@@H](O)C(C)CC(C)CC(C)CC(C)CC(C)CC(C)CC(C)CC(C)C(=O)O. The molecule has 0 aromatic heterocycles. The largest absolute Gasteiger partial charge is 0.481 e. The van der Waals surface area contributed by atoms with Crippen LogP contribution in [0.5, 0.6) is 0 Å². The van der Waals surface area contributed by atoms with E-state index in [0.29, 0.717) is 23.7 Å². The Labute approximate surface area is 271 Å². The van der Waals surface area contributed by atoms with Crippen molar-refractivity contribution in [3.63, 3.8) is 0 Å². The van der Waals surface area contributed by atoms with Gasteiger partial charge in [-0.1, -0.05) is 146 Å². The molecule has 0 amide bonds. The van der Waals surface area contributed by atoms with E-state index in [-0.39, 0.29) is 12.0 Å². The Balaban J connectivity index is 3.99. The molecule has 0 spiro atoms. The molecule has 0 aliphatic heterocycles. The molecule has 2 N–H and O–H groups in total. The highest BCUT2D eigenvalue weighted by molar-refractivity contribution is 5.69. The molecular weight excluding hydrogens is 528 g/mol. The van der Waals surface area contributed by atoms with E-state index in [2.05, 4.69) is 55.4 Å². The third-order valence-electron chi connectivity index (χ3n) is 10.2. The third-order valence-corrected chi connectivity index (χ3v) is 10.2. The number of carbonyl (C=O) groups is 1. The Morgan fingerprint density at radius 1 is 0.465 bits per heavy atom. The first-order valence-electron chi connectivity index (χ1n) is 19.3. The number of hydrogen-bond donors (Lipinski definition) is 2. The smallest absolute Gasteiger partial charge is 0.306 e. The minimum atomic E-state index is -0.666. The van der Waals surface area contributed by atoms with Crippen LogP contribution in [0.3, 0.4) is 0 Å². The molecular formula is C40H80O3. The van der Waals surface area contributed by atoms with Gasteiger partial charge in [0.25, 0.3) is 0 Å².